The normalized spacial score (nSPS) is 11.5. The molecule has 0 bridgehead atoms. The molecule has 0 aliphatic rings. The third kappa shape index (κ3) is 3.24. The maximum absolute atomic E-state index is 5.76. The van der Waals surface area contributed by atoms with Crippen LogP contribution in [0.2, 0.25) is 0 Å². The Kier molecular flexibility index (Phi) is 3.95. The first-order valence-electron chi connectivity index (χ1n) is 4.44. The second-order valence-electron chi connectivity index (χ2n) is 3.66. The van der Waals surface area contributed by atoms with Gasteiger partial charge in [-0.05, 0) is 58.2 Å². The number of rotatable bonds is 3. The highest BCUT2D eigenvalue weighted by Gasteiger charge is 2.19. The highest BCUT2D eigenvalue weighted by Crippen LogP contribution is 2.29. The van der Waals surface area contributed by atoms with E-state index >= 15 is 0 Å². The summed E-state index contributed by atoms with van der Waals surface area (Å²) in [5.41, 5.74) is -0.177. The molecule has 0 saturated heterocycles. The molecule has 78 valence electrons. The molecule has 1 rings (SSSR count). The molecule has 1 aromatic rings. The van der Waals surface area contributed by atoms with Crippen LogP contribution in [0, 0.1) is 0 Å². The minimum Gasteiger partial charge on any atom is -0.471 e. The molecule has 0 aliphatic heterocycles. The maximum atomic E-state index is 5.76. The summed E-state index contributed by atoms with van der Waals surface area (Å²) in [6.07, 6.45) is 2.67. The largest absolute Gasteiger partial charge is 0.471 e. The van der Waals surface area contributed by atoms with Crippen LogP contribution in [-0.2, 0) is 0 Å². The van der Waals surface area contributed by atoms with Gasteiger partial charge in [0, 0.05) is 10.7 Å². The Hall–Kier alpha value is -0.0900. The van der Waals surface area contributed by atoms with E-state index in [1.54, 1.807) is 6.20 Å². The molecule has 0 saturated carbocycles. The van der Waals surface area contributed by atoms with Crippen LogP contribution in [0.3, 0.4) is 0 Å². The van der Waals surface area contributed by atoms with Crippen LogP contribution in [0.5, 0.6) is 5.88 Å². The van der Waals surface area contributed by atoms with Gasteiger partial charge in [0.2, 0.25) is 5.88 Å². The number of halogens is 2. The topological polar surface area (TPSA) is 22.1 Å². The van der Waals surface area contributed by atoms with Gasteiger partial charge >= 0.3 is 0 Å². The average molecular weight is 323 g/mol. The molecular formula is C10H13Br2NO. The Balaban J connectivity index is 2.87. The van der Waals surface area contributed by atoms with Crippen molar-refractivity contribution in [2.24, 2.45) is 0 Å². The van der Waals surface area contributed by atoms with Crippen molar-refractivity contribution in [3.63, 3.8) is 0 Å². The van der Waals surface area contributed by atoms with Gasteiger partial charge in [0.1, 0.15) is 5.60 Å². The second kappa shape index (κ2) is 4.62. The minimum atomic E-state index is -0.177. The zero-order chi connectivity index (χ0) is 10.8. The van der Waals surface area contributed by atoms with Gasteiger partial charge in [-0.3, -0.25) is 0 Å². The van der Waals surface area contributed by atoms with E-state index in [0.717, 1.165) is 15.4 Å². The van der Waals surface area contributed by atoms with Crippen LogP contribution in [0.15, 0.2) is 21.2 Å². The summed E-state index contributed by atoms with van der Waals surface area (Å²) in [6.45, 7) is 6.18. The summed E-state index contributed by atoms with van der Waals surface area (Å²) in [5.74, 6) is 0.639. The summed E-state index contributed by atoms with van der Waals surface area (Å²) >= 11 is 6.76. The summed E-state index contributed by atoms with van der Waals surface area (Å²) in [4.78, 5) is 4.19. The molecule has 0 spiro atoms. The van der Waals surface area contributed by atoms with Crippen LogP contribution in [0.1, 0.15) is 27.2 Å². The fraction of sp³-hybridized carbons (Fsp3) is 0.500. The van der Waals surface area contributed by atoms with Crippen molar-refractivity contribution in [2.45, 2.75) is 32.8 Å². The standard InChI is InChI=1S/C10H13Br2NO/c1-4-10(2,3)14-9-8(12)5-7(11)6-13-9/h5-6H,4H2,1-3H3. The van der Waals surface area contributed by atoms with Gasteiger partial charge in [-0.15, -0.1) is 0 Å². The van der Waals surface area contributed by atoms with E-state index in [-0.39, 0.29) is 5.60 Å². The smallest absolute Gasteiger partial charge is 0.228 e. The number of hydrogen-bond donors (Lipinski definition) is 0. The fourth-order valence-electron chi connectivity index (χ4n) is 0.811. The summed E-state index contributed by atoms with van der Waals surface area (Å²) in [7, 11) is 0. The van der Waals surface area contributed by atoms with Gasteiger partial charge in [0.05, 0.1) is 4.47 Å². The third-order valence-electron chi connectivity index (χ3n) is 2.00. The highest BCUT2D eigenvalue weighted by molar-refractivity contribution is 9.11. The van der Waals surface area contributed by atoms with Gasteiger partial charge in [-0.1, -0.05) is 6.92 Å². The van der Waals surface area contributed by atoms with Crippen LogP contribution in [0.4, 0.5) is 0 Å². The van der Waals surface area contributed by atoms with Gasteiger partial charge < -0.3 is 4.74 Å². The van der Waals surface area contributed by atoms with Crippen LogP contribution < -0.4 is 4.74 Å². The lowest BCUT2D eigenvalue weighted by Gasteiger charge is -2.24. The predicted molar refractivity (Wildman–Crippen MR) is 64.6 cm³/mol. The molecule has 0 amide bonds. The third-order valence-corrected chi connectivity index (χ3v) is 3.00. The first-order chi connectivity index (χ1) is 6.44. The predicted octanol–water partition coefficient (Wildman–Crippen LogP) is 4.17. The molecule has 0 N–H and O–H groups in total. The maximum Gasteiger partial charge on any atom is 0.228 e. The van der Waals surface area contributed by atoms with E-state index in [0.29, 0.717) is 5.88 Å². The highest BCUT2D eigenvalue weighted by atomic mass is 79.9. The van der Waals surface area contributed by atoms with E-state index < -0.39 is 0 Å². The molecule has 0 aliphatic carbocycles. The molecule has 0 fully saturated rings. The van der Waals surface area contributed by atoms with E-state index in [1.165, 1.54) is 0 Å². The molecule has 14 heavy (non-hydrogen) atoms. The number of hydrogen-bond acceptors (Lipinski definition) is 2. The number of pyridine rings is 1. The average Bonchev–Trinajstić information content (AvgIpc) is 2.10. The van der Waals surface area contributed by atoms with Gasteiger partial charge in [0.25, 0.3) is 0 Å². The van der Waals surface area contributed by atoms with Gasteiger partial charge in [0.15, 0.2) is 0 Å². The SMILES string of the molecule is CCC(C)(C)Oc1ncc(Br)cc1Br. The molecule has 2 nitrogen and oxygen atoms in total. The first-order valence-corrected chi connectivity index (χ1v) is 6.03. The van der Waals surface area contributed by atoms with Crippen LogP contribution in [0.25, 0.3) is 0 Å². The Morgan fingerprint density at radius 3 is 2.57 bits per heavy atom. The summed E-state index contributed by atoms with van der Waals surface area (Å²) < 4.78 is 7.56. The van der Waals surface area contributed by atoms with Crippen molar-refractivity contribution in [3.8, 4) is 5.88 Å². The van der Waals surface area contributed by atoms with Gasteiger partial charge in [-0.25, -0.2) is 4.98 Å². The second-order valence-corrected chi connectivity index (χ2v) is 5.43. The van der Waals surface area contributed by atoms with Crippen molar-refractivity contribution in [1.29, 1.82) is 0 Å². The summed E-state index contributed by atoms with van der Waals surface area (Å²) in [6, 6.07) is 1.92. The van der Waals surface area contributed by atoms with E-state index in [1.807, 2.05) is 19.9 Å². The van der Waals surface area contributed by atoms with Crippen LogP contribution in [-0.4, -0.2) is 10.6 Å². The molecule has 1 heterocycles. The van der Waals surface area contributed by atoms with Crippen molar-refractivity contribution < 1.29 is 4.74 Å². The van der Waals surface area contributed by atoms with Crippen molar-refractivity contribution in [1.82, 2.24) is 4.98 Å². The van der Waals surface area contributed by atoms with Crippen molar-refractivity contribution in [3.05, 3.63) is 21.2 Å². The fourth-order valence-corrected chi connectivity index (χ4v) is 1.88. The molecule has 0 aromatic carbocycles. The van der Waals surface area contributed by atoms with Crippen LogP contribution >= 0.6 is 31.9 Å². The van der Waals surface area contributed by atoms with E-state index in [2.05, 4.69) is 43.8 Å². The number of aromatic nitrogens is 1. The zero-order valence-corrected chi connectivity index (χ0v) is 11.6. The zero-order valence-electron chi connectivity index (χ0n) is 8.47. The van der Waals surface area contributed by atoms with Gasteiger partial charge in [-0.2, -0.15) is 0 Å². The molecule has 4 heteroatoms. The molecular weight excluding hydrogens is 310 g/mol. The number of nitrogens with zero attached hydrogens (tertiary/aromatic N) is 1. The lowest BCUT2D eigenvalue weighted by Crippen LogP contribution is -2.27. The lowest BCUT2D eigenvalue weighted by atomic mass is 10.1. The van der Waals surface area contributed by atoms with Crippen molar-refractivity contribution in [2.75, 3.05) is 0 Å². The summed E-state index contributed by atoms with van der Waals surface area (Å²) in [5, 5.41) is 0. The molecule has 0 atom stereocenters. The lowest BCUT2D eigenvalue weighted by molar-refractivity contribution is 0.0979. The Morgan fingerprint density at radius 1 is 1.43 bits per heavy atom. The Morgan fingerprint density at radius 2 is 2.07 bits per heavy atom. The molecule has 0 unspecified atom stereocenters. The first kappa shape index (κ1) is 12.0. The Bertz CT molecular complexity index is 326. The van der Waals surface area contributed by atoms with E-state index in [4.69, 9.17) is 4.74 Å². The molecule has 1 aromatic heterocycles. The van der Waals surface area contributed by atoms with Crippen molar-refractivity contribution >= 4 is 31.9 Å². The van der Waals surface area contributed by atoms with E-state index in [9.17, 15) is 0 Å². The molecule has 0 radical (unpaired) electrons. The quantitative estimate of drug-likeness (QED) is 0.833. The monoisotopic (exact) mass is 321 g/mol. The number of ether oxygens (including phenoxy) is 1. The Labute approximate surface area is 101 Å². The minimum absolute atomic E-state index is 0.177.